The van der Waals surface area contributed by atoms with E-state index in [0.717, 1.165) is 0 Å². The molecule has 3 N–H and O–H groups in total. The predicted molar refractivity (Wildman–Crippen MR) is 59.2 cm³/mol. The summed E-state index contributed by atoms with van der Waals surface area (Å²) in [6.07, 6.45) is 0.531. The van der Waals surface area contributed by atoms with Crippen molar-refractivity contribution in [2.24, 2.45) is 17.1 Å². The summed E-state index contributed by atoms with van der Waals surface area (Å²) in [5.74, 6) is 0.383. The van der Waals surface area contributed by atoms with E-state index in [9.17, 15) is 9.90 Å². The molecule has 0 aliphatic carbocycles. The van der Waals surface area contributed by atoms with E-state index in [1.807, 2.05) is 20.8 Å². The molecule has 1 aliphatic heterocycles. The van der Waals surface area contributed by atoms with Gasteiger partial charge in [0.2, 0.25) is 5.91 Å². The molecule has 0 bridgehead atoms. The quantitative estimate of drug-likeness (QED) is 0.705. The Kier molecular flexibility index (Phi) is 3.73. The van der Waals surface area contributed by atoms with E-state index in [4.69, 9.17) is 5.73 Å². The molecule has 0 aromatic heterocycles. The summed E-state index contributed by atoms with van der Waals surface area (Å²) in [6.45, 7) is 7.37. The van der Waals surface area contributed by atoms with Gasteiger partial charge in [0.05, 0.1) is 12.6 Å². The predicted octanol–water partition coefficient (Wildman–Crippen LogP) is 0.201. The van der Waals surface area contributed by atoms with Gasteiger partial charge in [-0.1, -0.05) is 20.8 Å². The van der Waals surface area contributed by atoms with Crippen molar-refractivity contribution in [1.82, 2.24) is 4.90 Å². The number of nitrogens with zero attached hydrogens (tertiary/aromatic N) is 1. The first-order valence-electron chi connectivity index (χ1n) is 5.50. The molecule has 0 radical (unpaired) electrons. The zero-order valence-corrected chi connectivity index (χ0v) is 9.86. The van der Waals surface area contributed by atoms with Crippen LogP contribution in [0, 0.1) is 11.3 Å². The molecule has 1 aliphatic rings. The molecule has 1 heterocycles. The number of nitrogens with two attached hydrogens (primary N) is 1. The van der Waals surface area contributed by atoms with Gasteiger partial charge >= 0.3 is 0 Å². The molecule has 0 aromatic carbocycles. The number of rotatable bonds is 3. The standard InChI is InChI=1S/C11H22N2O2/c1-11(2,3)9(7-14)13-6-8(5-12)4-10(13)15/h8-9,14H,4-7,12H2,1-3H3/t8?,9-/m1/s1. The highest BCUT2D eigenvalue weighted by atomic mass is 16.3. The second-order valence-electron chi connectivity index (χ2n) is 5.42. The number of hydrogen-bond acceptors (Lipinski definition) is 3. The molecule has 1 saturated heterocycles. The van der Waals surface area contributed by atoms with Crippen LogP contribution in [0.2, 0.25) is 0 Å². The summed E-state index contributed by atoms with van der Waals surface area (Å²) in [5, 5.41) is 9.37. The first-order chi connectivity index (χ1) is 6.90. The molecular formula is C11H22N2O2. The van der Waals surface area contributed by atoms with Crippen molar-refractivity contribution < 1.29 is 9.90 Å². The molecule has 2 atom stereocenters. The van der Waals surface area contributed by atoms with E-state index < -0.39 is 0 Å². The fraction of sp³-hybridized carbons (Fsp3) is 0.909. The van der Waals surface area contributed by atoms with Crippen LogP contribution in [0.15, 0.2) is 0 Å². The summed E-state index contributed by atoms with van der Waals surface area (Å²) in [4.78, 5) is 13.5. The average molecular weight is 214 g/mol. The Morgan fingerprint density at radius 3 is 2.53 bits per heavy atom. The largest absolute Gasteiger partial charge is 0.394 e. The highest BCUT2D eigenvalue weighted by Gasteiger charge is 2.38. The number of carbonyl (C=O) groups is 1. The van der Waals surface area contributed by atoms with Crippen LogP contribution >= 0.6 is 0 Å². The molecule has 0 spiro atoms. The van der Waals surface area contributed by atoms with Crippen molar-refractivity contribution in [2.45, 2.75) is 33.2 Å². The number of hydrogen-bond donors (Lipinski definition) is 2. The average Bonchev–Trinajstić information content (AvgIpc) is 2.46. The van der Waals surface area contributed by atoms with E-state index in [1.165, 1.54) is 0 Å². The van der Waals surface area contributed by atoms with E-state index in [2.05, 4.69) is 0 Å². The van der Waals surface area contributed by atoms with Crippen molar-refractivity contribution in [3.63, 3.8) is 0 Å². The van der Waals surface area contributed by atoms with Gasteiger partial charge in [-0.15, -0.1) is 0 Å². The van der Waals surface area contributed by atoms with Crippen LogP contribution in [0.3, 0.4) is 0 Å². The Labute approximate surface area is 91.4 Å². The first-order valence-corrected chi connectivity index (χ1v) is 5.50. The number of aliphatic hydroxyl groups is 1. The molecule has 4 nitrogen and oxygen atoms in total. The van der Waals surface area contributed by atoms with Gasteiger partial charge in [0, 0.05) is 13.0 Å². The van der Waals surface area contributed by atoms with Crippen LogP contribution in [0.25, 0.3) is 0 Å². The van der Waals surface area contributed by atoms with Gasteiger partial charge in [0.25, 0.3) is 0 Å². The zero-order valence-electron chi connectivity index (χ0n) is 9.86. The third-order valence-corrected chi connectivity index (χ3v) is 3.12. The van der Waals surface area contributed by atoms with Gasteiger partial charge in [-0.05, 0) is 17.9 Å². The molecule has 1 amide bonds. The number of likely N-dealkylation sites (tertiary alicyclic amines) is 1. The van der Waals surface area contributed by atoms with Gasteiger partial charge in [0.15, 0.2) is 0 Å². The second kappa shape index (κ2) is 4.49. The molecule has 0 aromatic rings. The smallest absolute Gasteiger partial charge is 0.223 e. The van der Waals surface area contributed by atoms with E-state index in [0.29, 0.717) is 19.5 Å². The van der Waals surface area contributed by atoms with Crippen LogP contribution in [-0.2, 0) is 4.79 Å². The van der Waals surface area contributed by atoms with Gasteiger partial charge in [-0.2, -0.15) is 0 Å². The molecule has 1 fully saturated rings. The van der Waals surface area contributed by atoms with E-state index in [-0.39, 0.29) is 29.9 Å². The Balaban J connectivity index is 2.74. The van der Waals surface area contributed by atoms with Crippen LogP contribution in [0.5, 0.6) is 0 Å². The summed E-state index contributed by atoms with van der Waals surface area (Å²) in [6, 6.07) is -0.0958. The van der Waals surface area contributed by atoms with Crippen molar-refractivity contribution in [2.75, 3.05) is 19.7 Å². The van der Waals surface area contributed by atoms with Gasteiger partial charge in [-0.25, -0.2) is 0 Å². The van der Waals surface area contributed by atoms with Crippen molar-refractivity contribution in [1.29, 1.82) is 0 Å². The Hall–Kier alpha value is -0.610. The number of carbonyl (C=O) groups excluding carboxylic acids is 1. The maximum absolute atomic E-state index is 11.7. The van der Waals surface area contributed by atoms with Crippen LogP contribution < -0.4 is 5.73 Å². The van der Waals surface area contributed by atoms with Crippen LogP contribution in [-0.4, -0.2) is 41.7 Å². The lowest BCUT2D eigenvalue weighted by Gasteiger charge is -2.36. The third kappa shape index (κ3) is 2.69. The number of aliphatic hydroxyl groups excluding tert-OH is 1. The van der Waals surface area contributed by atoms with Gasteiger partial charge in [-0.3, -0.25) is 4.79 Å². The lowest BCUT2D eigenvalue weighted by Crippen LogP contribution is -2.47. The SMILES string of the molecule is CC(C)(C)[C@@H](CO)N1CC(CN)CC1=O. The van der Waals surface area contributed by atoms with E-state index >= 15 is 0 Å². The zero-order chi connectivity index (χ0) is 11.6. The summed E-state index contributed by atoms with van der Waals surface area (Å²) in [7, 11) is 0. The summed E-state index contributed by atoms with van der Waals surface area (Å²) in [5.41, 5.74) is 5.48. The van der Waals surface area contributed by atoms with Crippen LogP contribution in [0.1, 0.15) is 27.2 Å². The number of amides is 1. The van der Waals surface area contributed by atoms with Crippen LogP contribution in [0.4, 0.5) is 0 Å². The minimum absolute atomic E-state index is 0.0204. The Morgan fingerprint density at radius 1 is 1.60 bits per heavy atom. The summed E-state index contributed by atoms with van der Waals surface area (Å²) < 4.78 is 0. The minimum atomic E-state index is -0.0958. The molecule has 88 valence electrons. The van der Waals surface area contributed by atoms with Gasteiger partial charge in [0.1, 0.15) is 0 Å². The lowest BCUT2D eigenvalue weighted by molar-refractivity contribution is -0.133. The molecule has 4 heteroatoms. The summed E-state index contributed by atoms with van der Waals surface area (Å²) >= 11 is 0. The maximum Gasteiger partial charge on any atom is 0.223 e. The van der Waals surface area contributed by atoms with Crippen molar-refractivity contribution >= 4 is 5.91 Å². The fourth-order valence-electron chi connectivity index (χ4n) is 2.11. The van der Waals surface area contributed by atoms with Gasteiger partial charge < -0.3 is 15.7 Å². The highest BCUT2D eigenvalue weighted by molar-refractivity contribution is 5.79. The molecule has 1 unspecified atom stereocenters. The minimum Gasteiger partial charge on any atom is -0.394 e. The lowest BCUT2D eigenvalue weighted by atomic mass is 9.86. The molecule has 15 heavy (non-hydrogen) atoms. The Bertz CT molecular complexity index is 235. The molecule has 0 saturated carbocycles. The second-order valence-corrected chi connectivity index (χ2v) is 5.42. The first kappa shape index (κ1) is 12.5. The van der Waals surface area contributed by atoms with E-state index in [1.54, 1.807) is 4.90 Å². The third-order valence-electron chi connectivity index (χ3n) is 3.12. The van der Waals surface area contributed by atoms with Crippen molar-refractivity contribution in [3.05, 3.63) is 0 Å². The monoisotopic (exact) mass is 214 g/mol. The molecule has 1 rings (SSSR count). The van der Waals surface area contributed by atoms with Crippen molar-refractivity contribution in [3.8, 4) is 0 Å². The normalized spacial score (nSPS) is 24.7. The topological polar surface area (TPSA) is 66.6 Å². The highest BCUT2D eigenvalue weighted by Crippen LogP contribution is 2.29. The Morgan fingerprint density at radius 2 is 2.20 bits per heavy atom. The fourth-order valence-corrected chi connectivity index (χ4v) is 2.11. The molecular weight excluding hydrogens is 192 g/mol. The maximum atomic E-state index is 11.7.